The van der Waals surface area contributed by atoms with Gasteiger partial charge in [0.15, 0.2) is 5.75 Å². The number of hydrogen-bond acceptors (Lipinski definition) is 8. The predicted molar refractivity (Wildman–Crippen MR) is 157 cm³/mol. The molecule has 2 aromatic heterocycles. The molecule has 0 aliphatic rings. The second-order valence-electron chi connectivity index (χ2n) is 10.4. The van der Waals surface area contributed by atoms with Crippen molar-refractivity contribution < 1.29 is 17.9 Å². The van der Waals surface area contributed by atoms with Gasteiger partial charge in [-0.1, -0.05) is 32.1 Å². The largest absolute Gasteiger partial charge is 0.492 e. The van der Waals surface area contributed by atoms with E-state index in [4.69, 9.17) is 4.74 Å². The number of benzene rings is 2. The Hall–Kier alpha value is -4.45. The van der Waals surface area contributed by atoms with E-state index in [1.165, 1.54) is 7.11 Å². The molecule has 0 saturated heterocycles. The van der Waals surface area contributed by atoms with E-state index in [-0.39, 0.29) is 16.9 Å². The Balaban J connectivity index is 1.68. The number of pyridine rings is 1. The average molecular weight is 564 g/mol. The highest BCUT2D eigenvalue weighted by molar-refractivity contribution is 7.92. The highest BCUT2D eigenvalue weighted by Gasteiger charge is 2.23. The molecular formula is C28H33N7O4S. The van der Waals surface area contributed by atoms with Gasteiger partial charge >= 0.3 is 0 Å². The molecule has 0 bridgehead atoms. The Morgan fingerprint density at radius 3 is 2.38 bits per heavy atom. The van der Waals surface area contributed by atoms with Crippen LogP contribution in [0, 0.1) is 6.92 Å². The van der Waals surface area contributed by atoms with Crippen LogP contribution in [0.15, 0.2) is 54.9 Å². The van der Waals surface area contributed by atoms with Gasteiger partial charge in [0.1, 0.15) is 11.5 Å². The lowest BCUT2D eigenvalue weighted by Gasteiger charge is -2.24. The minimum Gasteiger partial charge on any atom is -0.492 e. The number of ether oxygens (including phenoxy) is 1. The fourth-order valence-corrected chi connectivity index (χ4v) is 4.60. The second kappa shape index (κ2) is 11.0. The number of aryl methyl sites for hydroxylation is 1. The summed E-state index contributed by atoms with van der Waals surface area (Å²) in [6.45, 7) is 7.90. The molecule has 0 atom stereocenters. The first kappa shape index (κ1) is 28.6. The number of sulfonamides is 1. The number of carbonyl (C=O) groups is 1. The van der Waals surface area contributed by atoms with Crippen LogP contribution in [0.4, 0.5) is 17.2 Å². The van der Waals surface area contributed by atoms with E-state index in [2.05, 4.69) is 30.7 Å². The second-order valence-corrected chi connectivity index (χ2v) is 12.2. The number of hydrogen-bond donors (Lipinski definition) is 3. The number of carbonyl (C=O) groups excluding carboxylic acids is 1. The molecule has 0 unspecified atom stereocenters. The SMILES string of the molecule is CNc1ccc(-c2cn(-c3cc(C(=O)Nc4cc(C(C)(C)C)cc(NS(C)(=O)=O)c4OC)ccc3C)nn2)cn1. The van der Waals surface area contributed by atoms with Crippen molar-refractivity contribution in [2.24, 2.45) is 0 Å². The molecule has 1 amide bonds. The fourth-order valence-electron chi connectivity index (χ4n) is 4.05. The average Bonchev–Trinajstić information content (AvgIpc) is 3.37. The van der Waals surface area contributed by atoms with E-state index in [0.29, 0.717) is 22.6 Å². The molecule has 3 N–H and O–H groups in total. The first-order valence-corrected chi connectivity index (χ1v) is 14.4. The molecule has 4 aromatic rings. The summed E-state index contributed by atoms with van der Waals surface area (Å²) in [7, 11) is -0.379. The molecule has 2 heterocycles. The van der Waals surface area contributed by atoms with Gasteiger partial charge in [-0.2, -0.15) is 0 Å². The zero-order valence-electron chi connectivity index (χ0n) is 23.5. The third-order valence-electron chi connectivity index (χ3n) is 6.23. The number of nitrogens with one attached hydrogen (secondary N) is 3. The molecule has 0 radical (unpaired) electrons. The number of anilines is 3. The molecule has 0 aliphatic carbocycles. The number of methoxy groups -OCH3 is 1. The van der Waals surface area contributed by atoms with Crippen molar-refractivity contribution in [3.63, 3.8) is 0 Å². The molecule has 4 rings (SSSR count). The van der Waals surface area contributed by atoms with Crippen LogP contribution >= 0.6 is 0 Å². The minimum atomic E-state index is -3.60. The van der Waals surface area contributed by atoms with Gasteiger partial charge in [-0.25, -0.2) is 18.1 Å². The zero-order valence-corrected chi connectivity index (χ0v) is 24.3. The topological polar surface area (TPSA) is 140 Å². The van der Waals surface area contributed by atoms with Crippen LogP contribution in [0.5, 0.6) is 5.75 Å². The van der Waals surface area contributed by atoms with Crippen LogP contribution in [0.2, 0.25) is 0 Å². The maximum Gasteiger partial charge on any atom is 0.255 e. The smallest absolute Gasteiger partial charge is 0.255 e. The summed E-state index contributed by atoms with van der Waals surface area (Å²) in [5, 5.41) is 14.4. The molecular weight excluding hydrogens is 530 g/mol. The summed E-state index contributed by atoms with van der Waals surface area (Å²) in [5.41, 5.74) is 4.46. The van der Waals surface area contributed by atoms with Crippen LogP contribution in [0.25, 0.3) is 16.9 Å². The van der Waals surface area contributed by atoms with Gasteiger partial charge in [0.05, 0.1) is 36.6 Å². The van der Waals surface area contributed by atoms with E-state index < -0.39 is 15.9 Å². The quantitative estimate of drug-likeness (QED) is 0.282. The molecule has 40 heavy (non-hydrogen) atoms. The molecule has 11 nitrogen and oxygen atoms in total. The molecule has 12 heteroatoms. The van der Waals surface area contributed by atoms with Gasteiger partial charge in [-0.15, -0.1) is 5.10 Å². The third-order valence-corrected chi connectivity index (χ3v) is 6.82. The lowest BCUT2D eigenvalue weighted by Crippen LogP contribution is -2.18. The normalized spacial score (nSPS) is 11.7. The Kier molecular flexibility index (Phi) is 7.83. The monoisotopic (exact) mass is 563 g/mol. The predicted octanol–water partition coefficient (Wildman–Crippen LogP) is 4.61. The van der Waals surface area contributed by atoms with Crippen molar-refractivity contribution in [3.8, 4) is 22.7 Å². The summed E-state index contributed by atoms with van der Waals surface area (Å²) in [4.78, 5) is 17.8. The van der Waals surface area contributed by atoms with Crippen LogP contribution in [-0.2, 0) is 15.4 Å². The minimum absolute atomic E-state index is 0.206. The summed E-state index contributed by atoms with van der Waals surface area (Å²) < 4.78 is 33.7. The van der Waals surface area contributed by atoms with Gasteiger partial charge in [0.25, 0.3) is 5.91 Å². The van der Waals surface area contributed by atoms with Gasteiger partial charge in [0.2, 0.25) is 10.0 Å². The lowest BCUT2D eigenvalue weighted by molar-refractivity contribution is 0.102. The summed E-state index contributed by atoms with van der Waals surface area (Å²) in [5.74, 6) is 0.552. The van der Waals surface area contributed by atoms with Crippen molar-refractivity contribution in [3.05, 3.63) is 71.5 Å². The summed E-state index contributed by atoms with van der Waals surface area (Å²) >= 11 is 0. The van der Waals surface area contributed by atoms with Crippen LogP contribution in [0.1, 0.15) is 42.3 Å². The van der Waals surface area contributed by atoms with Crippen molar-refractivity contribution in [1.29, 1.82) is 0 Å². The van der Waals surface area contributed by atoms with E-state index in [9.17, 15) is 13.2 Å². The fraction of sp³-hybridized carbons (Fsp3) is 0.286. The molecule has 0 spiro atoms. The maximum absolute atomic E-state index is 13.5. The Labute approximate surface area is 234 Å². The van der Waals surface area contributed by atoms with Crippen molar-refractivity contribution in [1.82, 2.24) is 20.0 Å². The summed E-state index contributed by atoms with van der Waals surface area (Å²) in [6, 6.07) is 12.5. The van der Waals surface area contributed by atoms with Gasteiger partial charge in [0, 0.05) is 24.4 Å². The molecule has 0 aliphatic heterocycles. The van der Waals surface area contributed by atoms with Crippen LogP contribution in [-0.4, -0.2) is 54.7 Å². The van der Waals surface area contributed by atoms with Crippen molar-refractivity contribution in [2.75, 3.05) is 35.8 Å². The van der Waals surface area contributed by atoms with Gasteiger partial charge in [-0.3, -0.25) is 9.52 Å². The first-order chi connectivity index (χ1) is 18.8. The van der Waals surface area contributed by atoms with Crippen molar-refractivity contribution >= 4 is 33.1 Å². The van der Waals surface area contributed by atoms with Gasteiger partial charge in [-0.05, 0) is 59.9 Å². The van der Waals surface area contributed by atoms with Crippen LogP contribution in [0.3, 0.4) is 0 Å². The summed E-state index contributed by atoms with van der Waals surface area (Å²) in [6.07, 6.45) is 4.55. The number of amides is 1. The Bertz CT molecular complexity index is 1660. The molecule has 0 saturated carbocycles. The zero-order chi connectivity index (χ0) is 29.2. The van der Waals surface area contributed by atoms with E-state index in [1.807, 2.05) is 45.9 Å². The van der Waals surface area contributed by atoms with Gasteiger partial charge < -0.3 is 15.4 Å². The molecule has 2 aromatic carbocycles. The first-order valence-electron chi connectivity index (χ1n) is 12.5. The standard InChI is InChI=1S/C28H33N7O4S/c1-17-8-9-18(12-24(17)35-16-23(32-34-35)19-10-11-25(29-5)30-15-19)27(36)31-21-13-20(28(2,3)4)14-22(26(21)39-6)33-40(7,37)38/h8-16,33H,1-7H3,(H,29,30)(H,31,36). The molecule has 210 valence electrons. The highest BCUT2D eigenvalue weighted by atomic mass is 32.2. The number of aromatic nitrogens is 4. The maximum atomic E-state index is 13.5. The van der Waals surface area contributed by atoms with E-state index in [0.717, 1.165) is 28.8 Å². The Morgan fingerprint density at radius 2 is 1.77 bits per heavy atom. The van der Waals surface area contributed by atoms with Crippen molar-refractivity contribution in [2.45, 2.75) is 33.1 Å². The third kappa shape index (κ3) is 6.40. The van der Waals surface area contributed by atoms with E-state index in [1.54, 1.807) is 48.4 Å². The lowest BCUT2D eigenvalue weighted by atomic mass is 9.86. The van der Waals surface area contributed by atoms with E-state index >= 15 is 0 Å². The number of rotatable bonds is 8. The Morgan fingerprint density at radius 1 is 1.05 bits per heavy atom. The highest BCUT2D eigenvalue weighted by Crippen LogP contribution is 2.39. The number of nitrogens with zero attached hydrogens (tertiary/aromatic N) is 4. The van der Waals surface area contributed by atoms with Crippen LogP contribution < -0.4 is 20.1 Å². The molecule has 0 fully saturated rings.